The SMILES string of the molecule is CCCCCCCCCCCCCCCCN1C=CN(CCCCCCCCCCCCCCCC)C1CCCCCCCCCCCCCCC. The highest BCUT2D eigenvalue weighted by Crippen LogP contribution is 2.24. The molecule has 0 atom stereocenters. The van der Waals surface area contributed by atoms with Gasteiger partial charge in [0.15, 0.2) is 0 Å². The summed E-state index contributed by atoms with van der Waals surface area (Å²) in [5.41, 5.74) is 0. The molecule has 0 amide bonds. The Morgan fingerprint density at radius 3 is 0.673 bits per heavy atom. The number of hydrogen-bond acceptors (Lipinski definition) is 2. The molecular weight excluding hydrogens is 629 g/mol. The Bertz CT molecular complexity index is 646. The smallest absolute Gasteiger partial charge is 0.101 e. The zero-order valence-electron chi connectivity index (χ0n) is 36.7. The average Bonchev–Trinajstić information content (AvgIpc) is 3.54. The largest absolute Gasteiger partial charge is 0.356 e. The molecule has 310 valence electrons. The highest BCUT2D eigenvalue weighted by atomic mass is 15.4. The van der Waals surface area contributed by atoms with Crippen LogP contribution in [0.1, 0.15) is 290 Å². The third-order valence-electron chi connectivity index (χ3n) is 12.3. The van der Waals surface area contributed by atoms with E-state index in [1.807, 2.05) is 0 Å². The van der Waals surface area contributed by atoms with Gasteiger partial charge in [-0.15, -0.1) is 0 Å². The molecule has 0 saturated heterocycles. The van der Waals surface area contributed by atoms with Crippen LogP contribution in [0.2, 0.25) is 0 Å². The molecule has 0 N–H and O–H groups in total. The molecule has 0 fully saturated rings. The summed E-state index contributed by atoms with van der Waals surface area (Å²) >= 11 is 0. The van der Waals surface area contributed by atoms with Crippen molar-refractivity contribution >= 4 is 0 Å². The molecule has 0 spiro atoms. The normalized spacial score (nSPS) is 13.4. The Hall–Kier alpha value is -0.660. The van der Waals surface area contributed by atoms with Crippen LogP contribution in [0.5, 0.6) is 0 Å². The summed E-state index contributed by atoms with van der Waals surface area (Å²) in [7, 11) is 0. The second kappa shape index (κ2) is 41.5. The molecule has 52 heavy (non-hydrogen) atoms. The van der Waals surface area contributed by atoms with Gasteiger partial charge in [0.25, 0.3) is 0 Å². The van der Waals surface area contributed by atoms with E-state index in [1.165, 1.54) is 283 Å². The fraction of sp³-hybridized carbons (Fsp3) is 0.960. The zero-order valence-corrected chi connectivity index (χ0v) is 36.7. The van der Waals surface area contributed by atoms with Gasteiger partial charge in [0.05, 0.1) is 0 Å². The minimum Gasteiger partial charge on any atom is -0.356 e. The van der Waals surface area contributed by atoms with Crippen molar-refractivity contribution in [1.29, 1.82) is 0 Å². The van der Waals surface area contributed by atoms with Crippen LogP contribution < -0.4 is 0 Å². The Labute approximate surface area is 330 Å². The van der Waals surface area contributed by atoms with E-state index in [-0.39, 0.29) is 0 Å². The number of nitrogens with zero attached hydrogens (tertiary/aromatic N) is 2. The van der Waals surface area contributed by atoms with Crippen LogP contribution in [0.4, 0.5) is 0 Å². The van der Waals surface area contributed by atoms with Crippen LogP contribution in [0.3, 0.4) is 0 Å². The summed E-state index contributed by atoms with van der Waals surface area (Å²) in [4.78, 5) is 5.48. The summed E-state index contributed by atoms with van der Waals surface area (Å²) in [6.45, 7) is 9.49. The van der Waals surface area contributed by atoms with E-state index in [0.717, 1.165) is 0 Å². The highest BCUT2D eigenvalue weighted by molar-refractivity contribution is 4.97. The summed E-state index contributed by atoms with van der Waals surface area (Å²) in [6, 6.07) is 0. The standard InChI is InChI=1S/C50H100N2/c1-4-7-10-13-16-19-22-25-28-31-34-37-40-43-46-51-48-49-52(47-44-41-38-35-32-29-26-23-20-17-14-11-8-5-2)50(51)45-42-39-36-33-30-27-24-21-18-15-12-9-6-3/h48-50H,4-47H2,1-3H3. The van der Waals surface area contributed by atoms with E-state index < -0.39 is 0 Å². The van der Waals surface area contributed by atoms with Gasteiger partial charge in [-0.3, -0.25) is 0 Å². The summed E-state index contributed by atoms with van der Waals surface area (Å²) in [5.74, 6) is 0. The molecule has 0 unspecified atom stereocenters. The van der Waals surface area contributed by atoms with Gasteiger partial charge in [-0.05, 0) is 25.7 Å². The average molecular weight is 729 g/mol. The van der Waals surface area contributed by atoms with Gasteiger partial charge in [0.2, 0.25) is 0 Å². The molecule has 1 heterocycles. The Morgan fingerprint density at radius 1 is 0.250 bits per heavy atom. The van der Waals surface area contributed by atoms with Crippen molar-refractivity contribution in [1.82, 2.24) is 9.80 Å². The van der Waals surface area contributed by atoms with E-state index in [4.69, 9.17) is 0 Å². The highest BCUT2D eigenvalue weighted by Gasteiger charge is 2.24. The predicted molar refractivity (Wildman–Crippen MR) is 237 cm³/mol. The molecule has 0 radical (unpaired) electrons. The van der Waals surface area contributed by atoms with Gasteiger partial charge in [-0.1, -0.05) is 265 Å². The van der Waals surface area contributed by atoms with E-state index in [1.54, 1.807) is 0 Å². The third kappa shape index (κ3) is 32.7. The molecule has 0 aromatic carbocycles. The molecule has 0 saturated carbocycles. The molecule has 0 aromatic heterocycles. The van der Waals surface area contributed by atoms with Gasteiger partial charge in [-0.2, -0.15) is 0 Å². The van der Waals surface area contributed by atoms with Crippen molar-refractivity contribution in [2.45, 2.75) is 297 Å². The second-order valence-electron chi connectivity index (χ2n) is 17.5. The van der Waals surface area contributed by atoms with Gasteiger partial charge in [0, 0.05) is 25.5 Å². The van der Waals surface area contributed by atoms with Gasteiger partial charge in [-0.25, -0.2) is 0 Å². The topological polar surface area (TPSA) is 6.48 Å². The zero-order chi connectivity index (χ0) is 37.3. The lowest BCUT2D eigenvalue weighted by atomic mass is 10.0. The second-order valence-corrected chi connectivity index (χ2v) is 17.5. The van der Waals surface area contributed by atoms with E-state index in [0.29, 0.717) is 6.17 Å². The first-order valence-electron chi connectivity index (χ1n) is 25.0. The number of unbranched alkanes of at least 4 members (excludes halogenated alkanes) is 38. The van der Waals surface area contributed by atoms with Crippen LogP contribution >= 0.6 is 0 Å². The first-order valence-corrected chi connectivity index (χ1v) is 25.0. The van der Waals surface area contributed by atoms with Crippen LogP contribution in [-0.2, 0) is 0 Å². The van der Waals surface area contributed by atoms with Crippen molar-refractivity contribution in [3.63, 3.8) is 0 Å². The number of hydrogen-bond donors (Lipinski definition) is 0. The molecule has 0 aromatic rings. The fourth-order valence-electron chi connectivity index (χ4n) is 8.66. The number of rotatable bonds is 44. The first kappa shape index (κ1) is 49.4. The first-order chi connectivity index (χ1) is 25.8. The van der Waals surface area contributed by atoms with Crippen molar-refractivity contribution in [2.75, 3.05) is 13.1 Å². The van der Waals surface area contributed by atoms with Gasteiger partial charge < -0.3 is 9.80 Å². The van der Waals surface area contributed by atoms with E-state index in [2.05, 4.69) is 43.0 Å². The minimum absolute atomic E-state index is 0.636. The van der Waals surface area contributed by atoms with Gasteiger partial charge in [0.1, 0.15) is 6.17 Å². The van der Waals surface area contributed by atoms with Crippen LogP contribution in [-0.4, -0.2) is 29.1 Å². The molecule has 1 aliphatic rings. The maximum absolute atomic E-state index is 2.74. The quantitative estimate of drug-likeness (QED) is 0.0576. The molecule has 2 nitrogen and oxygen atoms in total. The molecular formula is C50H100N2. The monoisotopic (exact) mass is 729 g/mol. The summed E-state index contributed by atoms with van der Waals surface area (Å²) in [5, 5.41) is 0. The van der Waals surface area contributed by atoms with Crippen molar-refractivity contribution in [3.05, 3.63) is 12.4 Å². The predicted octanol–water partition coefficient (Wildman–Crippen LogP) is 17.8. The molecule has 2 heteroatoms. The molecule has 0 bridgehead atoms. The lowest BCUT2D eigenvalue weighted by Gasteiger charge is -2.33. The molecule has 1 rings (SSSR count). The fourth-order valence-corrected chi connectivity index (χ4v) is 8.66. The Kier molecular flexibility index (Phi) is 39.4. The Morgan fingerprint density at radius 2 is 0.442 bits per heavy atom. The summed E-state index contributed by atoms with van der Waals surface area (Å²) < 4.78 is 0. The maximum atomic E-state index is 2.74. The maximum Gasteiger partial charge on any atom is 0.101 e. The lowest BCUT2D eigenvalue weighted by Crippen LogP contribution is -2.39. The molecule has 0 aliphatic carbocycles. The van der Waals surface area contributed by atoms with Gasteiger partial charge >= 0.3 is 0 Å². The van der Waals surface area contributed by atoms with Crippen LogP contribution in [0.15, 0.2) is 12.4 Å². The third-order valence-corrected chi connectivity index (χ3v) is 12.3. The summed E-state index contributed by atoms with van der Waals surface area (Å²) in [6.07, 6.45) is 66.4. The van der Waals surface area contributed by atoms with Crippen molar-refractivity contribution in [2.24, 2.45) is 0 Å². The van der Waals surface area contributed by atoms with Crippen molar-refractivity contribution in [3.8, 4) is 0 Å². The van der Waals surface area contributed by atoms with E-state index >= 15 is 0 Å². The minimum atomic E-state index is 0.636. The lowest BCUT2D eigenvalue weighted by molar-refractivity contribution is 0.135. The Balaban J connectivity index is 2.20. The van der Waals surface area contributed by atoms with Crippen LogP contribution in [0.25, 0.3) is 0 Å². The van der Waals surface area contributed by atoms with E-state index in [9.17, 15) is 0 Å². The molecule has 1 aliphatic heterocycles. The van der Waals surface area contributed by atoms with Crippen molar-refractivity contribution < 1.29 is 0 Å². The van der Waals surface area contributed by atoms with Crippen LogP contribution in [0, 0.1) is 0 Å².